The molecule has 2 aromatic carbocycles. The lowest BCUT2D eigenvalue weighted by Gasteiger charge is -2.08. The van der Waals surface area contributed by atoms with Crippen LogP contribution in [0.1, 0.15) is 28.4 Å². The fraction of sp³-hybridized carbons (Fsp3) is 0.0909. The Morgan fingerprint density at radius 2 is 1.63 bits per heavy atom. The van der Waals surface area contributed by atoms with Crippen LogP contribution in [0.4, 0.5) is 5.69 Å². The third-order valence-electron chi connectivity index (χ3n) is 4.23. The van der Waals surface area contributed by atoms with E-state index in [0.717, 1.165) is 5.56 Å². The van der Waals surface area contributed by atoms with Gasteiger partial charge in [-0.25, -0.2) is 5.43 Å². The Morgan fingerprint density at radius 3 is 2.33 bits per heavy atom. The summed E-state index contributed by atoms with van der Waals surface area (Å²) in [6.07, 6.45) is 3.12. The molecule has 1 aromatic heterocycles. The van der Waals surface area contributed by atoms with Crippen molar-refractivity contribution >= 4 is 46.4 Å². The highest BCUT2D eigenvalue weighted by Crippen LogP contribution is 2.24. The smallest absolute Gasteiger partial charge is 0.255 e. The third kappa shape index (κ3) is 5.65. The zero-order chi connectivity index (χ0) is 21.5. The van der Waals surface area contributed by atoms with Crippen LogP contribution in [0.2, 0.25) is 10.0 Å². The van der Waals surface area contributed by atoms with Crippen LogP contribution in [0, 0.1) is 0 Å². The first-order chi connectivity index (χ1) is 14.4. The lowest BCUT2D eigenvalue weighted by molar-refractivity contribution is -0.120. The van der Waals surface area contributed by atoms with Gasteiger partial charge in [-0.2, -0.15) is 5.10 Å². The number of nitrogens with one attached hydrogen (secondary N) is 2. The second kappa shape index (κ2) is 10.0. The van der Waals surface area contributed by atoms with Gasteiger partial charge in [-0.3, -0.25) is 14.6 Å². The van der Waals surface area contributed by atoms with Gasteiger partial charge < -0.3 is 5.32 Å². The fourth-order valence-electron chi connectivity index (χ4n) is 2.64. The van der Waals surface area contributed by atoms with Crippen LogP contribution < -0.4 is 10.7 Å². The van der Waals surface area contributed by atoms with Gasteiger partial charge in [0, 0.05) is 33.7 Å². The van der Waals surface area contributed by atoms with Crippen molar-refractivity contribution in [1.29, 1.82) is 0 Å². The molecule has 0 radical (unpaired) electrons. The first-order valence-corrected chi connectivity index (χ1v) is 9.77. The van der Waals surface area contributed by atoms with Crippen molar-refractivity contribution in [2.45, 2.75) is 13.3 Å². The average molecular weight is 441 g/mol. The van der Waals surface area contributed by atoms with Gasteiger partial charge in [0.2, 0.25) is 5.91 Å². The molecule has 0 fully saturated rings. The first kappa shape index (κ1) is 21.5. The molecule has 0 saturated carbocycles. The summed E-state index contributed by atoms with van der Waals surface area (Å²) in [4.78, 5) is 28.4. The van der Waals surface area contributed by atoms with Crippen molar-refractivity contribution < 1.29 is 9.59 Å². The van der Waals surface area contributed by atoms with E-state index in [-0.39, 0.29) is 18.2 Å². The Morgan fingerprint density at radius 1 is 0.967 bits per heavy atom. The zero-order valence-corrected chi connectivity index (χ0v) is 17.5. The summed E-state index contributed by atoms with van der Waals surface area (Å²) in [5.74, 6) is -0.583. The average Bonchev–Trinajstić information content (AvgIpc) is 2.75. The van der Waals surface area contributed by atoms with E-state index < -0.39 is 0 Å². The third-order valence-corrected chi connectivity index (χ3v) is 4.94. The van der Waals surface area contributed by atoms with Crippen molar-refractivity contribution in [3.8, 4) is 0 Å². The molecule has 152 valence electrons. The van der Waals surface area contributed by atoms with Crippen molar-refractivity contribution in [3.63, 3.8) is 0 Å². The Labute approximate surface area is 183 Å². The van der Waals surface area contributed by atoms with Crippen LogP contribution in [0.3, 0.4) is 0 Å². The molecule has 0 unspecified atom stereocenters. The monoisotopic (exact) mass is 440 g/mol. The Balaban J connectivity index is 1.65. The molecule has 0 aliphatic rings. The van der Waals surface area contributed by atoms with Gasteiger partial charge in [0.15, 0.2) is 0 Å². The van der Waals surface area contributed by atoms with Crippen LogP contribution in [-0.2, 0) is 11.2 Å². The van der Waals surface area contributed by atoms with E-state index in [1.54, 1.807) is 67.8 Å². The molecule has 0 aliphatic heterocycles. The van der Waals surface area contributed by atoms with Crippen molar-refractivity contribution in [2.24, 2.45) is 5.10 Å². The fourth-order valence-corrected chi connectivity index (χ4v) is 3.17. The number of halogens is 2. The van der Waals surface area contributed by atoms with E-state index in [2.05, 4.69) is 20.8 Å². The minimum Gasteiger partial charge on any atom is -0.322 e. The number of aromatic nitrogens is 1. The molecule has 8 heteroatoms. The molecule has 2 amide bonds. The van der Waals surface area contributed by atoms with Gasteiger partial charge in [0.05, 0.1) is 12.1 Å². The number of amides is 2. The molecule has 0 saturated heterocycles. The van der Waals surface area contributed by atoms with E-state index in [0.29, 0.717) is 32.6 Å². The van der Waals surface area contributed by atoms with Crippen LogP contribution in [-0.4, -0.2) is 22.5 Å². The standard InChI is InChI=1S/C22H18Cl2N4O2/c1-14(27-28-21(29)13-18-19(23)6-3-7-20(18)24)16-4-2-5-17(12-16)26-22(30)15-8-10-25-11-9-15/h2-12H,13H2,1H3,(H,26,30)(H,28,29). The molecule has 0 bridgehead atoms. The topological polar surface area (TPSA) is 83.5 Å². The SMILES string of the molecule is CC(=NNC(=O)Cc1c(Cl)cccc1Cl)c1cccc(NC(=O)c2ccncc2)c1. The Hall–Kier alpha value is -3.22. The maximum Gasteiger partial charge on any atom is 0.255 e. The van der Waals surface area contributed by atoms with Crippen molar-refractivity contribution in [3.05, 3.63) is 93.7 Å². The van der Waals surface area contributed by atoms with Gasteiger partial charge in [-0.1, -0.05) is 41.4 Å². The van der Waals surface area contributed by atoms with Crippen LogP contribution in [0.5, 0.6) is 0 Å². The lowest BCUT2D eigenvalue weighted by atomic mass is 10.1. The number of hydrogen-bond acceptors (Lipinski definition) is 4. The highest BCUT2D eigenvalue weighted by atomic mass is 35.5. The van der Waals surface area contributed by atoms with Gasteiger partial charge in [-0.15, -0.1) is 0 Å². The van der Waals surface area contributed by atoms with Crippen molar-refractivity contribution in [2.75, 3.05) is 5.32 Å². The highest BCUT2D eigenvalue weighted by Gasteiger charge is 2.11. The molecular weight excluding hydrogens is 423 g/mol. The second-order valence-electron chi connectivity index (χ2n) is 6.38. The van der Waals surface area contributed by atoms with Gasteiger partial charge in [-0.05, 0) is 54.4 Å². The maximum atomic E-state index is 12.3. The molecule has 1 heterocycles. The normalized spacial score (nSPS) is 11.1. The molecule has 30 heavy (non-hydrogen) atoms. The number of hydrazone groups is 1. The minimum absolute atomic E-state index is 0.0112. The van der Waals surface area contributed by atoms with Crippen molar-refractivity contribution in [1.82, 2.24) is 10.4 Å². The number of carbonyl (C=O) groups is 2. The molecule has 0 atom stereocenters. The summed E-state index contributed by atoms with van der Waals surface area (Å²) in [5.41, 5.74) is 5.50. The zero-order valence-electron chi connectivity index (χ0n) is 16.0. The molecule has 0 spiro atoms. The number of hydrogen-bond donors (Lipinski definition) is 2. The number of carbonyl (C=O) groups excluding carboxylic acids is 2. The van der Waals surface area contributed by atoms with Gasteiger partial charge in [0.25, 0.3) is 5.91 Å². The lowest BCUT2D eigenvalue weighted by Crippen LogP contribution is -2.21. The summed E-state index contributed by atoms with van der Waals surface area (Å²) in [5, 5.41) is 7.82. The van der Waals surface area contributed by atoms with Crippen LogP contribution >= 0.6 is 23.2 Å². The van der Waals surface area contributed by atoms with E-state index in [1.807, 2.05) is 6.07 Å². The van der Waals surface area contributed by atoms with E-state index in [9.17, 15) is 9.59 Å². The highest BCUT2D eigenvalue weighted by molar-refractivity contribution is 6.36. The number of nitrogens with zero attached hydrogens (tertiary/aromatic N) is 2. The van der Waals surface area contributed by atoms with Gasteiger partial charge in [0.1, 0.15) is 0 Å². The molecule has 3 rings (SSSR count). The summed E-state index contributed by atoms with van der Waals surface area (Å²) in [6.45, 7) is 1.76. The molecule has 0 aliphatic carbocycles. The second-order valence-corrected chi connectivity index (χ2v) is 7.19. The predicted octanol–water partition coefficient (Wildman–Crippen LogP) is 4.72. The maximum absolute atomic E-state index is 12.3. The molecule has 6 nitrogen and oxygen atoms in total. The van der Waals surface area contributed by atoms with E-state index in [4.69, 9.17) is 23.2 Å². The van der Waals surface area contributed by atoms with Crippen LogP contribution in [0.25, 0.3) is 0 Å². The molecule has 2 N–H and O–H groups in total. The molecule has 3 aromatic rings. The number of benzene rings is 2. The number of anilines is 1. The largest absolute Gasteiger partial charge is 0.322 e. The quantitative estimate of drug-likeness (QED) is 0.429. The summed E-state index contributed by atoms with van der Waals surface area (Å²) in [7, 11) is 0. The van der Waals surface area contributed by atoms with E-state index >= 15 is 0 Å². The summed E-state index contributed by atoms with van der Waals surface area (Å²) >= 11 is 12.2. The van der Waals surface area contributed by atoms with Gasteiger partial charge >= 0.3 is 0 Å². The van der Waals surface area contributed by atoms with Crippen LogP contribution in [0.15, 0.2) is 72.1 Å². The predicted molar refractivity (Wildman–Crippen MR) is 119 cm³/mol. The Kier molecular flexibility index (Phi) is 7.17. The Bertz CT molecular complexity index is 1080. The number of pyridine rings is 1. The number of rotatable bonds is 6. The van der Waals surface area contributed by atoms with E-state index in [1.165, 1.54) is 0 Å². The first-order valence-electron chi connectivity index (χ1n) is 9.02. The minimum atomic E-state index is -0.341. The summed E-state index contributed by atoms with van der Waals surface area (Å²) in [6, 6.07) is 15.5. The summed E-state index contributed by atoms with van der Waals surface area (Å²) < 4.78 is 0. The molecular formula is C22H18Cl2N4O2.